The molecule has 0 atom stereocenters. The van der Waals surface area contributed by atoms with Crippen molar-refractivity contribution in [2.75, 3.05) is 29.0 Å². The predicted octanol–water partition coefficient (Wildman–Crippen LogP) is 3.24. The number of unbranched alkanes of at least 4 members (excludes halogenated alkanes) is 1. The molecular formula is C22H29N3O4S. The summed E-state index contributed by atoms with van der Waals surface area (Å²) in [5.74, 6) is -0.816. The molecule has 7 nitrogen and oxygen atoms in total. The Kier molecular flexibility index (Phi) is 8.00. The van der Waals surface area contributed by atoms with E-state index in [-0.39, 0.29) is 5.91 Å². The van der Waals surface area contributed by atoms with Crippen LogP contribution in [0.2, 0.25) is 0 Å². The smallest absolute Gasteiger partial charge is 0.253 e. The van der Waals surface area contributed by atoms with Crippen molar-refractivity contribution >= 4 is 33.2 Å². The zero-order chi connectivity index (χ0) is 22.3. The highest BCUT2D eigenvalue weighted by atomic mass is 32.2. The van der Waals surface area contributed by atoms with Gasteiger partial charge < -0.3 is 10.6 Å². The van der Waals surface area contributed by atoms with E-state index in [1.165, 1.54) is 0 Å². The van der Waals surface area contributed by atoms with Crippen LogP contribution in [0.1, 0.15) is 41.3 Å². The van der Waals surface area contributed by atoms with Gasteiger partial charge in [-0.3, -0.25) is 13.9 Å². The molecule has 2 rings (SSSR count). The molecule has 0 aliphatic rings. The summed E-state index contributed by atoms with van der Waals surface area (Å²) in [6.45, 7) is 5.84. The van der Waals surface area contributed by atoms with Crippen molar-refractivity contribution in [3.05, 3.63) is 59.2 Å². The molecule has 2 N–H and O–H groups in total. The van der Waals surface area contributed by atoms with Crippen molar-refractivity contribution in [1.29, 1.82) is 0 Å². The number of hydrogen-bond acceptors (Lipinski definition) is 4. The van der Waals surface area contributed by atoms with E-state index in [9.17, 15) is 18.0 Å². The molecule has 2 amide bonds. The molecule has 0 bridgehead atoms. The Morgan fingerprint density at radius 2 is 1.77 bits per heavy atom. The number of nitrogens with one attached hydrogen (secondary N) is 2. The normalized spacial score (nSPS) is 11.1. The fraction of sp³-hybridized carbons (Fsp3) is 0.364. The number of para-hydroxylation sites is 1. The van der Waals surface area contributed by atoms with Crippen molar-refractivity contribution in [2.24, 2.45) is 0 Å². The lowest BCUT2D eigenvalue weighted by molar-refractivity contribution is -0.114. The zero-order valence-corrected chi connectivity index (χ0v) is 18.7. The molecule has 0 aliphatic heterocycles. The quantitative estimate of drug-likeness (QED) is 0.596. The first-order valence-corrected chi connectivity index (χ1v) is 11.7. The van der Waals surface area contributed by atoms with Crippen LogP contribution in [0.25, 0.3) is 0 Å². The van der Waals surface area contributed by atoms with E-state index in [0.717, 1.165) is 34.5 Å². The monoisotopic (exact) mass is 431 g/mol. The van der Waals surface area contributed by atoms with Crippen molar-refractivity contribution in [3.8, 4) is 0 Å². The number of amides is 2. The van der Waals surface area contributed by atoms with Crippen LogP contribution < -0.4 is 14.9 Å². The molecule has 0 fully saturated rings. The van der Waals surface area contributed by atoms with Crippen molar-refractivity contribution in [2.45, 2.75) is 33.6 Å². The van der Waals surface area contributed by atoms with E-state index in [1.807, 2.05) is 26.0 Å². The van der Waals surface area contributed by atoms with Gasteiger partial charge in [-0.1, -0.05) is 37.6 Å². The number of benzene rings is 2. The van der Waals surface area contributed by atoms with Gasteiger partial charge in [0.15, 0.2) is 0 Å². The van der Waals surface area contributed by atoms with Crippen LogP contribution in [-0.4, -0.2) is 39.6 Å². The van der Waals surface area contributed by atoms with E-state index >= 15 is 0 Å². The summed E-state index contributed by atoms with van der Waals surface area (Å²) in [5.41, 5.74) is 2.76. The van der Waals surface area contributed by atoms with Gasteiger partial charge in [0.25, 0.3) is 5.91 Å². The number of carbonyl (C=O) groups is 2. The molecule has 8 heteroatoms. The molecule has 2 aromatic carbocycles. The molecular weight excluding hydrogens is 402 g/mol. The van der Waals surface area contributed by atoms with Gasteiger partial charge in [-0.2, -0.15) is 0 Å². The number of anilines is 2. The van der Waals surface area contributed by atoms with Gasteiger partial charge >= 0.3 is 0 Å². The second-order valence-electron chi connectivity index (χ2n) is 7.26. The molecule has 0 saturated heterocycles. The number of nitrogens with zero attached hydrogens (tertiary/aromatic N) is 1. The summed E-state index contributed by atoms with van der Waals surface area (Å²) >= 11 is 0. The summed E-state index contributed by atoms with van der Waals surface area (Å²) in [6.07, 6.45) is 2.88. The third-order valence-electron chi connectivity index (χ3n) is 4.58. The van der Waals surface area contributed by atoms with Crippen LogP contribution in [0.4, 0.5) is 11.4 Å². The topological polar surface area (TPSA) is 95.6 Å². The number of sulfonamides is 1. The molecule has 0 aliphatic carbocycles. The summed E-state index contributed by atoms with van der Waals surface area (Å²) in [6, 6.07) is 12.1. The van der Waals surface area contributed by atoms with E-state index in [2.05, 4.69) is 10.6 Å². The van der Waals surface area contributed by atoms with Crippen LogP contribution >= 0.6 is 0 Å². The third kappa shape index (κ3) is 6.32. The van der Waals surface area contributed by atoms with Crippen LogP contribution in [0, 0.1) is 13.8 Å². The SMILES string of the molecule is CCCCNC(=O)c1ccccc1NC(=O)CN(c1cc(C)ccc1C)S(C)(=O)=O. The third-order valence-corrected chi connectivity index (χ3v) is 5.71. The summed E-state index contributed by atoms with van der Waals surface area (Å²) < 4.78 is 25.9. The number of aryl methyl sites for hydroxylation is 2. The van der Waals surface area contributed by atoms with E-state index in [4.69, 9.17) is 0 Å². The van der Waals surface area contributed by atoms with Crippen LogP contribution in [0.3, 0.4) is 0 Å². The first kappa shape index (κ1) is 23.4. The van der Waals surface area contributed by atoms with Crippen molar-refractivity contribution in [1.82, 2.24) is 5.32 Å². The van der Waals surface area contributed by atoms with E-state index in [1.54, 1.807) is 37.3 Å². The highest BCUT2D eigenvalue weighted by molar-refractivity contribution is 7.92. The highest BCUT2D eigenvalue weighted by Gasteiger charge is 2.23. The predicted molar refractivity (Wildman–Crippen MR) is 120 cm³/mol. The first-order valence-electron chi connectivity index (χ1n) is 9.85. The van der Waals surface area contributed by atoms with E-state index in [0.29, 0.717) is 23.5 Å². The lowest BCUT2D eigenvalue weighted by Crippen LogP contribution is -2.38. The van der Waals surface area contributed by atoms with Gasteiger partial charge in [-0.25, -0.2) is 8.42 Å². The zero-order valence-electron chi connectivity index (χ0n) is 17.9. The summed E-state index contributed by atoms with van der Waals surface area (Å²) in [4.78, 5) is 25.2. The molecule has 0 spiro atoms. The number of hydrogen-bond donors (Lipinski definition) is 2. The second kappa shape index (κ2) is 10.2. The van der Waals surface area contributed by atoms with Gasteiger partial charge in [-0.15, -0.1) is 0 Å². The Morgan fingerprint density at radius 1 is 1.07 bits per heavy atom. The second-order valence-corrected chi connectivity index (χ2v) is 9.17. The highest BCUT2D eigenvalue weighted by Crippen LogP contribution is 2.24. The molecule has 162 valence electrons. The maximum atomic E-state index is 12.7. The standard InChI is InChI=1S/C22H29N3O4S/c1-5-6-13-23-22(27)18-9-7-8-10-19(18)24-21(26)15-25(30(4,28)29)20-14-16(2)11-12-17(20)3/h7-12,14H,5-6,13,15H2,1-4H3,(H,23,27)(H,24,26). The Bertz CT molecular complexity index is 1020. The lowest BCUT2D eigenvalue weighted by atomic mass is 10.1. The number of carbonyl (C=O) groups excluding carboxylic acids is 2. The number of rotatable bonds is 9. The van der Waals surface area contributed by atoms with E-state index < -0.39 is 22.5 Å². The molecule has 0 aromatic heterocycles. The maximum absolute atomic E-state index is 12.7. The molecule has 2 aromatic rings. The molecule has 0 unspecified atom stereocenters. The van der Waals surface area contributed by atoms with Gasteiger partial charge in [-0.05, 0) is 49.6 Å². The minimum Gasteiger partial charge on any atom is -0.352 e. The van der Waals surface area contributed by atoms with Crippen LogP contribution in [0.5, 0.6) is 0 Å². The van der Waals surface area contributed by atoms with Crippen LogP contribution in [-0.2, 0) is 14.8 Å². The average molecular weight is 432 g/mol. The molecule has 0 heterocycles. The Balaban J connectivity index is 2.23. The van der Waals surface area contributed by atoms with Gasteiger partial charge in [0.2, 0.25) is 15.9 Å². The fourth-order valence-corrected chi connectivity index (χ4v) is 3.86. The van der Waals surface area contributed by atoms with Crippen molar-refractivity contribution < 1.29 is 18.0 Å². The first-order chi connectivity index (χ1) is 14.1. The maximum Gasteiger partial charge on any atom is 0.253 e. The minimum atomic E-state index is -3.69. The Morgan fingerprint density at radius 3 is 2.43 bits per heavy atom. The minimum absolute atomic E-state index is 0.283. The molecule has 0 radical (unpaired) electrons. The van der Waals surface area contributed by atoms with Gasteiger partial charge in [0, 0.05) is 6.54 Å². The van der Waals surface area contributed by atoms with Crippen molar-refractivity contribution in [3.63, 3.8) is 0 Å². The largest absolute Gasteiger partial charge is 0.352 e. The Labute approximate surface area is 178 Å². The lowest BCUT2D eigenvalue weighted by Gasteiger charge is -2.24. The fourth-order valence-electron chi connectivity index (χ4n) is 2.95. The molecule has 30 heavy (non-hydrogen) atoms. The summed E-state index contributed by atoms with van der Waals surface area (Å²) in [7, 11) is -3.69. The van der Waals surface area contributed by atoms with Gasteiger partial charge in [0.1, 0.15) is 6.54 Å². The van der Waals surface area contributed by atoms with Crippen LogP contribution in [0.15, 0.2) is 42.5 Å². The molecule has 0 saturated carbocycles. The summed E-state index contributed by atoms with van der Waals surface area (Å²) in [5, 5.41) is 5.50. The average Bonchev–Trinajstić information content (AvgIpc) is 2.68. The van der Waals surface area contributed by atoms with Gasteiger partial charge in [0.05, 0.1) is 23.2 Å². The Hall–Kier alpha value is -2.87.